The number of carbonyl (C=O) groups is 1. The number of benzene rings is 1. The van der Waals surface area contributed by atoms with E-state index in [2.05, 4.69) is 10.5 Å². The Kier molecular flexibility index (Phi) is 3.79. The number of urea groups is 1. The van der Waals surface area contributed by atoms with Crippen molar-refractivity contribution >= 4 is 11.8 Å². The zero-order valence-corrected chi connectivity index (χ0v) is 10.7. The van der Waals surface area contributed by atoms with Gasteiger partial charge in [0.05, 0.1) is 0 Å². The van der Waals surface area contributed by atoms with Crippen LogP contribution in [0.3, 0.4) is 0 Å². The smallest absolute Gasteiger partial charge is 0.323 e. The van der Waals surface area contributed by atoms with Crippen LogP contribution in [-0.2, 0) is 6.54 Å². The van der Waals surface area contributed by atoms with Crippen LogP contribution in [0, 0.1) is 12.7 Å². The second kappa shape index (κ2) is 5.51. The van der Waals surface area contributed by atoms with Crippen LogP contribution in [0.1, 0.15) is 11.3 Å². The van der Waals surface area contributed by atoms with Crippen LogP contribution >= 0.6 is 0 Å². The molecule has 0 bridgehead atoms. The number of hydrogen-bond acceptors (Lipinski definition) is 3. The number of halogens is 1. The van der Waals surface area contributed by atoms with Crippen molar-refractivity contribution in [3.05, 3.63) is 47.5 Å². The molecule has 0 atom stereocenters. The molecule has 0 spiro atoms. The number of nitrogens with zero attached hydrogens (tertiary/aromatic N) is 2. The number of rotatable bonds is 3. The van der Waals surface area contributed by atoms with Crippen molar-refractivity contribution in [1.82, 2.24) is 10.1 Å². The minimum atomic E-state index is -0.336. The van der Waals surface area contributed by atoms with E-state index in [1.54, 1.807) is 32.2 Å². The molecule has 0 radical (unpaired) electrons. The lowest BCUT2D eigenvalue weighted by Gasteiger charge is -2.16. The van der Waals surface area contributed by atoms with Gasteiger partial charge in [-0.1, -0.05) is 17.3 Å². The van der Waals surface area contributed by atoms with E-state index >= 15 is 0 Å². The van der Waals surface area contributed by atoms with E-state index in [9.17, 15) is 9.18 Å². The Labute approximate surface area is 110 Å². The molecule has 2 aromatic rings. The normalized spacial score (nSPS) is 10.3. The van der Waals surface area contributed by atoms with E-state index in [-0.39, 0.29) is 11.8 Å². The first kappa shape index (κ1) is 13.1. The average molecular weight is 263 g/mol. The van der Waals surface area contributed by atoms with Crippen LogP contribution in [0.4, 0.5) is 15.0 Å². The van der Waals surface area contributed by atoms with Gasteiger partial charge in [0, 0.05) is 19.7 Å². The van der Waals surface area contributed by atoms with Crippen molar-refractivity contribution in [2.24, 2.45) is 0 Å². The molecule has 19 heavy (non-hydrogen) atoms. The number of aromatic nitrogens is 1. The summed E-state index contributed by atoms with van der Waals surface area (Å²) < 4.78 is 17.9. The van der Waals surface area contributed by atoms with Crippen molar-refractivity contribution in [3.8, 4) is 0 Å². The van der Waals surface area contributed by atoms with Gasteiger partial charge < -0.3 is 9.42 Å². The zero-order valence-electron chi connectivity index (χ0n) is 10.7. The van der Waals surface area contributed by atoms with Gasteiger partial charge in [-0.05, 0) is 24.6 Å². The summed E-state index contributed by atoms with van der Waals surface area (Å²) in [7, 11) is 1.62. The lowest BCUT2D eigenvalue weighted by molar-refractivity contribution is 0.220. The summed E-state index contributed by atoms with van der Waals surface area (Å²) in [5.41, 5.74) is 0.717. The molecule has 2 rings (SSSR count). The van der Waals surface area contributed by atoms with Crippen molar-refractivity contribution in [3.63, 3.8) is 0 Å². The molecule has 0 fully saturated rings. The zero-order chi connectivity index (χ0) is 13.8. The Morgan fingerprint density at radius 1 is 1.47 bits per heavy atom. The first-order valence-corrected chi connectivity index (χ1v) is 5.74. The fourth-order valence-electron chi connectivity index (χ4n) is 1.61. The molecule has 0 aliphatic heterocycles. The molecular formula is C13H14FN3O2. The van der Waals surface area contributed by atoms with Gasteiger partial charge in [0.25, 0.3) is 0 Å². The standard InChI is InChI=1S/C13H14FN3O2/c1-9-6-12(16-19-9)15-13(18)17(2)8-10-4-3-5-11(14)7-10/h3-7H,8H2,1-2H3,(H,15,16,18). The highest BCUT2D eigenvalue weighted by Crippen LogP contribution is 2.10. The maximum Gasteiger partial charge on any atom is 0.323 e. The molecule has 0 aliphatic carbocycles. The summed E-state index contributed by atoms with van der Waals surface area (Å²) in [5.74, 6) is 0.648. The molecular weight excluding hydrogens is 249 g/mol. The highest BCUT2D eigenvalue weighted by atomic mass is 19.1. The van der Waals surface area contributed by atoms with E-state index in [0.29, 0.717) is 23.7 Å². The number of carbonyl (C=O) groups excluding carboxylic acids is 1. The third-order valence-corrected chi connectivity index (χ3v) is 2.52. The molecule has 2 amide bonds. The molecule has 0 unspecified atom stereocenters. The minimum absolute atomic E-state index is 0.306. The van der Waals surface area contributed by atoms with Crippen LogP contribution < -0.4 is 5.32 Å². The van der Waals surface area contributed by atoms with Crippen molar-refractivity contribution < 1.29 is 13.7 Å². The van der Waals surface area contributed by atoms with Gasteiger partial charge >= 0.3 is 6.03 Å². The maximum absolute atomic E-state index is 13.0. The molecule has 5 nitrogen and oxygen atoms in total. The Hall–Kier alpha value is -2.37. The largest absolute Gasteiger partial charge is 0.360 e. The first-order valence-electron chi connectivity index (χ1n) is 5.74. The lowest BCUT2D eigenvalue weighted by atomic mass is 10.2. The van der Waals surface area contributed by atoms with Gasteiger partial charge in [-0.15, -0.1) is 0 Å². The summed E-state index contributed by atoms with van der Waals surface area (Å²) in [6.07, 6.45) is 0. The Morgan fingerprint density at radius 2 is 2.26 bits per heavy atom. The van der Waals surface area contributed by atoms with Crippen molar-refractivity contribution in [1.29, 1.82) is 0 Å². The number of nitrogens with one attached hydrogen (secondary N) is 1. The number of anilines is 1. The van der Waals surface area contributed by atoms with E-state index in [0.717, 1.165) is 0 Å². The summed E-state index contributed by atoms with van der Waals surface area (Å²) in [6.45, 7) is 2.04. The van der Waals surface area contributed by atoms with Crippen LogP contribution in [-0.4, -0.2) is 23.1 Å². The Morgan fingerprint density at radius 3 is 2.89 bits per heavy atom. The average Bonchev–Trinajstić information content (AvgIpc) is 2.74. The second-order valence-corrected chi connectivity index (χ2v) is 4.24. The van der Waals surface area contributed by atoms with Gasteiger partial charge in [0.2, 0.25) is 0 Å². The van der Waals surface area contributed by atoms with E-state index in [1.807, 2.05) is 0 Å². The quantitative estimate of drug-likeness (QED) is 0.926. The van der Waals surface area contributed by atoms with Crippen molar-refractivity contribution in [2.75, 3.05) is 12.4 Å². The molecule has 100 valence electrons. The van der Waals surface area contributed by atoms with Gasteiger partial charge in [0.1, 0.15) is 11.6 Å². The van der Waals surface area contributed by atoms with E-state index in [1.165, 1.54) is 17.0 Å². The molecule has 1 heterocycles. The van der Waals surface area contributed by atoms with Crippen LogP contribution in [0.2, 0.25) is 0 Å². The van der Waals surface area contributed by atoms with E-state index < -0.39 is 0 Å². The minimum Gasteiger partial charge on any atom is -0.360 e. The topological polar surface area (TPSA) is 58.4 Å². The monoisotopic (exact) mass is 263 g/mol. The molecule has 0 aliphatic rings. The molecule has 1 N–H and O–H groups in total. The van der Waals surface area contributed by atoms with Crippen LogP contribution in [0.25, 0.3) is 0 Å². The first-order chi connectivity index (χ1) is 9.04. The van der Waals surface area contributed by atoms with Gasteiger partial charge in [-0.2, -0.15) is 0 Å². The summed E-state index contributed by atoms with van der Waals surface area (Å²) >= 11 is 0. The van der Waals surface area contributed by atoms with Gasteiger partial charge in [-0.25, -0.2) is 9.18 Å². The van der Waals surface area contributed by atoms with E-state index in [4.69, 9.17) is 4.52 Å². The van der Waals surface area contributed by atoms with Crippen LogP contribution in [0.15, 0.2) is 34.9 Å². The van der Waals surface area contributed by atoms with Crippen LogP contribution in [0.5, 0.6) is 0 Å². The summed E-state index contributed by atoms with van der Waals surface area (Å²) in [6, 6.07) is 7.40. The SMILES string of the molecule is Cc1cc(NC(=O)N(C)Cc2cccc(F)c2)no1. The Bertz CT molecular complexity index is 583. The third kappa shape index (κ3) is 3.54. The lowest BCUT2D eigenvalue weighted by Crippen LogP contribution is -2.30. The summed E-state index contributed by atoms with van der Waals surface area (Å²) in [5, 5.41) is 6.25. The molecule has 0 saturated heterocycles. The molecule has 1 aromatic heterocycles. The van der Waals surface area contributed by atoms with Crippen molar-refractivity contribution in [2.45, 2.75) is 13.5 Å². The Balaban J connectivity index is 1.96. The third-order valence-electron chi connectivity index (χ3n) is 2.52. The predicted molar refractivity (Wildman–Crippen MR) is 68.1 cm³/mol. The van der Waals surface area contributed by atoms with Gasteiger partial charge in [0.15, 0.2) is 5.82 Å². The summed E-state index contributed by atoms with van der Waals surface area (Å²) in [4.78, 5) is 13.3. The maximum atomic E-state index is 13.0. The number of hydrogen-bond donors (Lipinski definition) is 1. The predicted octanol–water partition coefficient (Wildman–Crippen LogP) is 2.79. The highest BCUT2D eigenvalue weighted by Gasteiger charge is 2.11. The van der Waals surface area contributed by atoms with Gasteiger partial charge in [-0.3, -0.25) is 5.32 Å². The second-order valence-electron chi connectivity index (χ2n) is 4.24. The fraction of sp³-hybridized carbons (Fsp3) is 0.231. The molecule has 6 heteroatoms. The molecule has 0 saturated carbocycles. The number of amides is 2. The number of aryl methyl sites for hydroxylation is 1. The highest BCUT2D eigenvalue weighted by molar-refractivity contribution is 5.87. The fourth-order valence-corrected chi connectivity index (χ4v) is 1.61. The molecule has 1 aromatic carbocycles.